The van der Waals surface area contributed by atoms with Crippen LogP contribution in [0.25, 0.3) is 0 Å². The standard InChI is InChI=1S/C12H15FN2O2/c1-9-4-2-3-7-14(9)12-8-10(13)5-6-11(12)15(16)17/h5-6,8-9H,2-4,7H2,1H3. The van der Waals surface area contributed by atoms with Gasteiger partial charge < -0.3 is 4.90 Å². The number of piperidine rings is 1. The summed E-state index contributed by atoms with van der Waals surface area (Å²) < 4.78 is 13.2. The van der Waals surface area contributed by atoms with E-state index in [1.165, 1.54) is 12.1 Å². The van der Waals surface area contributed by atoms with E-state index in [1.807, 2.05) is 11.8 Å². The van der Waals surface area contributed by atoms with Crippen LogP contribution in [-0.4, -0.2) is 17.5 Å². The van der Waals surface area contributed by atoms with Crippen LogP contribution in [-0.2, 0) is 0 Å². The third-order valence-electron chi connectivity index (χ3n) is 3.25. The Bertz CT molecular complexity index is 437. The van der Waals surface area contributed by atoms with E-state index in [4.69, 9.17) is 0 Å². The normalized spacial score (nSPS) is 20.4. The number of benzene rings is 1. The average Bonchev–Trinajstić information content (AvgIpc) is 2.29. The van der Waals surface area contributed by atoms with E-state index in [-0.39, 0.29) is 11.7 Å². The van der Waals surface area contributed by atoms with E-state index in [2.05, 4.69) is 0 Å². The molecule has 0 aromatic heterocycles. The number of nitrogens with zero attached hydrogens (tertiary/aromatic N) is 2. The molecule has 5 heteroatoms. The molecule has 2 rings (SSSR count). The molecule has 1 aliphatic rings. The quantitative estimate of drug-likeness (QED) is 0.587. The highest BCUT2D eigenvalue weighted by Crippen LogP contribution is 2.33. The molecular formula is C12H15FN2O2. The summed E-state index contributed by atoms with van der Waals surface area (Å²) in [5.41, 5.74) is 0.391. The van der Waals surface area contributed by atoms with Gasteiger partial charge in [0.05, 0.1) is 4.92 Å². The summed E-state index contributed by atoms with van der Waals surface area (Å²) in [6.07, 6.45) is 3.12. The van der Waals surface area contributed by atoms with Gasteiger partial charge in [-0.25, -0.2) is 4.39 Å². The van der Waals surface area contributed by atoms with Crippen molar-refractivity contribution in [1.29, 1.82) is 0 Å². The van der Waals surface area contributed by atoms with Gasteiger partial charge in [-0.2, -0.15) is 0 Å². The highest BCUT2D eigenvalue weighted by molar-refractivity contribution is 5.64. The van der Waals surface area contributed by atoms with Crippen molar-refractivity contribution in [1.82, 2.24) is 0 Å². The number of nitro groups is 1. The van der Waals surface area contributed by atoms with Gasteiger partial charge in [-0.1, -0.05) is 0 Å². The summed E-state index contributed by atoms with van der Waals surface area (Å²) in [5, 5.41) is 10.9. The molecule has 0 spiro atoms. The molecule has 1 aliphatic heterocycles. The van der Waals surface area contributed by atoms with Gasteiger partial charge in [0, 0.05) is 24.7 Å². The Balaban J connectivity index is 2.41. The van der Waals surface area contributed by atoms with Crippen LogP contribution in [0.5, 0.6) is 0 Å². The maximum Gasteiger partial charge on any atom is 0.292 e. The van der Waals surface area contributed by atoms with Crippen molar-refractivity contribution in [2.75, 3.05) is 11.4 Å². The van der Waals surface area contributed by atoms with Gasteiger partial charge in [-0.15, -0.1) is 0 Å². The second-order valence-electron chi connectivity index (χ2n) is 4.43. The third kappa shape index (κ3) is 2.38. The third-order valence-corrected chi connectivity index (χ3v) is 3.25. The first-order valence-electron chi connectivity index (χ1n) is 5.80. The Morgan fingerprint density at radius 2 is 2.24 bits per heavy atom. The average molecular weight is 238 g/mol. The van der Waals surface area contributed by atoms with E-state index in [1.54, 1.807) is 0 Å². The summed E-state index contributed by atoms with van der Waals surface area (Å²) >= 11 is 0. The van der Waals surface area contributed by atoms with Crippen molar-refractivity contribution in [3.05, 3.63) is 34.1 Å². The van der Waals surface area contributed by atoms with Crippen molar-refractivity contribution in [2.24, 2.45) is 0 Å². The Kier molecular flexibility index (Phi) is 3.26. The zero-order valence-electron chi connectivity index (χ0n) is 9.73. The fourth-order valence-electron chi connectivity index (χ4n) is 2.34. The van der Waals surface area contributed by atoms with Crippen LogP contribution in [0.2, 0.25) is 0 Å². The SMILES string of the molecule is CC1CCCCN1c1cc(F)ccc1[N+](=O)[O-]. The lowest BCUT2D eigenvalue weighted by Crippen LogP contribution is -2.37. The lowest BCUT2D eigenvalue weighted by molar-refractivity contribution is -0.384. The first-order valence-corrected chi connectivity index (χ1v) is 5.80. The number of rotatable bonds is 2. The molecule has 1 aromatic carbocycles. The predicted octanol–water partition coefficient (Wildman–Crippen LogP) is 3.11. The largest absolute Gasteiger partial charge is 0.363 e. The van der Waals surface area contributed by atoms with Gasteiger partial charge >= 0.3 is 0 Å². The van der Waals surface area contributed by atoms with Crippen molar-refractivity contribution in [3.8, 4) is 0 Å². The van der Waals surface area contributed by atoms with Crippen molar-refractivity contribution < 1.29 is 9.31 Å². The van der Waals surface area contributed by atoms with Crippen LogP contribution >= 0.6 is 0 Å². The smallest absolute Gasteiger partial charge is 0.292 e. The van der Waals surface area contributed by atoms with Crippen molar-refractivity contribution >= 4 is 11.4 Å². The Labute approximate surface area is 99.2 Å². The van der Waals surface area contributed by atoms with Crippen LogP contribution in [0.4, 0.5) is 15.8 Å². The molecule has 0 bridgehead atoms. The predicted molar refractivity (Wildman–Crippen MR) is 63.7 cm³/mol. The molecule has 1 aromatic rings. The number of nitro benzene ring substituents is 1. The first kappa shape index (κ1) is 11.8. The molecule has 0 amide bonds. The van der Waals surface area contributed by atoms with Crippen LogP contribution in [0.3, 0.4) is 0 Å². The van der Waals surface area contributed by atoms with E-state index >= 15 is 0 Å². The molecule has 1 unspecified atom stereocenters. The molecule has 1 atom stereocenters. The number of hydrogen-bond acceptors (Lipinski definition) is 3. The molecule has 0 radical (unpaired) electrons. The minimum absolute atomic E-state index is 0.0137. The maximum atomic E-state index is 13.2. The molecule has 17 heavy (non-hydrogen) atoms. The Hall–Kier alpha value is -1.65. The highest BCUT2D eigenvalue weighted by atomic mass is 19.1. The molecule has 1 heterocycles. The van der Waals surface area contributed by atoms with E-state index in [9.17, 15) is 14.5 Å². The zero-order valence-corrected chi connectivity index (χ0v) is 9.73. The summed E-state index contributed by atoms with van der Waals surface area (Å²) in [7, 11) is 0. The van der Waals surface area contributed by atoms with Crippen LogP contribution in [0, 0.1) is 15.9 Å². The molecule has 0 saturated carbocycles. The lowest BCUT2D eigenvalue weighted by Gasteiger charge is -2.34. The summed E-state index contributed by atoms with van der Waals surface area (Å²) in [4.78, 5) is 12.4. The minimum atomic E-state index is -0.448. The molecule has 0 aliphatic carbocycles. The Morgan fingerprint density at radius 1 is 1.47 bits per heavy atom. The van der Waals surface area contributed by atoms with Crippen molar-refractivity contribution in [2.45, 2.75) is 32.2 Å². The van der Waals surface area contributed by atoms with Gasteiger partial charge in [0.2, 0.25) is 0 Å². The monoisotopic (exact) mass is 238 g/mol. The van der Waals surface area contributed by atoms with Crippen LogP contribution < -0.4 is 4.90 Å². The topological polar surface area (TPSA) is 46.4 Å². The molecule has 0 N–H and O–H groups in total. The van der Waals surface area contributed by atoms with Crippen LogP contribution in [0.1, 0.15) is 26.2 Å². The van der Waals surface area contributed by atoms with Gasteiger partial charge in [0.25, 0.3) is 5.69 Å². The summed E-state index contributed by atoms with van der Waals surface area (Å²) in [5.74, 6) is -0.427. The molecule has 92 valence electrons. The minimum Gasteiger partial charge on any atom is -0.363 e. The van der Waals surface area contributed by atoms with E-state index in [0.717, 1.165) is 31.9 Å². The fraction of sp³-hybridized carbons (Fsp3) is 0.500. The van der Waals surface area contributed by atoms with Gasteiger partial charge in [-0.3, -0.25) is 10.1 Å². The van der Waals surface area contributed by atoms with Crippen LogP contribution in [0.15, 0.2) is 18.2 Å². The fourth-order valence-corrected chi connectivity index (χ4v) is 2.34. The molecule has 4 nitrogen and oxygen atoms in total. The first-order chi connectivity index (χ1) is 8.09. The van der Waals surface area contributed by atoms with Gasteiger partial charge in [0.1, 0.15) is 11.5 Å². The summed E-state index contributed by atoms with van der Waals surface area (Å²) in [6.45, 7) is 2.78. The molecular weight excluding hydrogens is 223 g/mol. The Morgan fingerprint density at radius 3 is 2.88 bits per heavy atom. The van der Waals surface area contributed by atoms with Gasteiger partial charge in [0.15, 0.2) is 0 Å². The molecule has 1 fully saturated rings. The lowest BCUT2D eigenvalue weighted by atomic mass is 10.0. The second-order valence-corrected chi connectivity index (χ2v) is 4.43. The summed E-state index contributed by atoms with van der Waals surface area (Å²) in [6, 6.07) is 3.87. The second kappa shape index (κ2) is 4.69. The van der Waals surface area contributed by atoms with Gasteiger partial charge in [-0.05, 0) is 32.3 Å². The highest BCUT2D eigenvalue weighted by Gasteiger charge is 2.25. The maximum absolute atomic E-state index is 13.2. The zero-order chi connectivity index (χ0) is 12.4. The molecule has 1 saturated heterocycles. The van der Waals surface area contributed by atoms with E-state index < -0.39 is 10.7 Å². The van der Waals surface area contributed by atoms with Crippen molar-refractivity contribution in [3.63, 3.8) is 0 Å². The number of anilines is 1. The van der Waals surface area contributed by atoms with E-state index in [0.29, 0.717) is 5.69 Å². The number of halogens is 1. The number of hydrogen-bond donors (Lipinski definition) is 0.